The Hall–Kier alpha value is -2.21. The minimum absolute atomic E-state index is 0.302. The van der Waals surface area contributed by atoms with Gasteiger partial charge in [-0.25, -0.2) is 4.98 Å². The van der Waals surface area contributed by atoms with E-state index >= 15 is 0 Å². The molecule has 1 aliphatic rings. The van der Waals surface area contributed by atoms with Gasteiger partial charge < -0.3 is 14.8 Å². The van der Waals surface area contributed by atoms with E-state index in [1.807, 2.05) is 40.4 Å². The number of hydrogen-bond donors (Lipinski definition) is 1. The molecule has 0 aliphatic carbocycles. The van der Waals surface area contributed by atoms with Gasteiger partial charge in [-0.2, -0.15) is 0 Å². The van der Waals surface area contributed by atoms with Gasteiger partial charge in [0.2, 0.25) is 6.79 Å². The van der Waals surface area contributed by atoms with Crippen molar-refractivity contribution in [1.29, 1.82) is 0 Å². The highest BCUT2D eigenvalue weighted by atomic mass is 32.1. The fraction of sp³-hybridized carbons (Fsp3) is 0.154. The van der Waals surface area contributed by atoms with Crippen LogP contribution in [0.5, 0.6) is 11.5 Å². The zero-order valence-corrected chi connectivity index (χ0v) is 10.8. The van der Waals surface area contributed by atoms with Crippen molar-refractivity contribution in [3.63, 3.8) is 0 Å². The van der Waals surface area contributed by atoms with Gasteiger partial charge in [0.1, 0.15) is 0 Å². The van der Waals surface area contributed by atoms with Gasteiger partial charge in [-0.15, -0.1) is 11.3 Å². The summed E-state index contributed by atoms with van der Waals surface area (Å²) in [5.41, 5.74) is 2.02. The summed E-state index contributed by atoms with van der Waals surface area (Å²) in [6.45, 7) is 0.990. The first-order valence-electron chi connectivity index (χ1n) is 5.93. The van der Waals surface area contributed by atoms with Crippen LogP contribution in [0.1, 0.15) is 5.69 Å². The van der Waals surface area contributed by atoms with E-state index in [1.54, 1.807) is 11.3 Å². The molecule has 0 fully saturated rings. The Balaban J connectivity index is 1.51. The van der Waals surface area contributed by atoms with Crippen molar-refractivity contribution in [1.82, 2.24) is 9.38 Å². The average Bonchev–Trinajstić information content (AvgIpc) is 3.10. The zero-order chi connectivity index (χ0) is 12.7. The van der Waals surface area contributed by atoms with Crippen molar-refractivity contribution in [3.05, 3.63) is 41.7 Å². The maximum Gasteiger partial charge on any atom is 0.231 e. The smallest absolute Gasteiger partial charge is 0.231 e. The highest BCUT2D eigenvalue weighted by molar-refractivity contribution is 7.15. The fourth-order valence-corrected chi connectivity index (χ4v) is 2.78. The molecule has 0 amide bonds. The highest BCUT2D eigenvalue weighted by Crippen LogP contribution is 2.34. The molecule has 96 valence electrons. The van der Waals surface area contributed by atoms with E-state index in [9.17, 15) is 0 Å². The molecule has 1 aromatic carbocycles. The van der Waals surface area contributed by atoms with Crippen molar-refractivity contribution in [2.75, 3.05) is 12.1 Å². The van der Waals surface area contributed by atoms with Crippen LogP contribution in [-0.4, -0.2) is 16.2 Å². The number of ether oxygens (including phenoxy) is 2. The largest absolute Gasteiger partial charge is 0.454 e. The molecular formula is C13H11N3O2S. The number of anilines is 1. The molecule has 0 saturated heterocycles. The SMILES string of the molecule is c1cn2cc(CNc3ccc4c(c3)OCO4)nc2s1. The Bertz CT molecular complexity index is 706. The molecule has 0 saturated carbocycles. The molecule has 1 N–H and O–H groups in total. The Morgan fingerprint density at radius 1 is 1.32 bits per heavy atom. The molecule has 0 bridgehead atoms. The van der Waals surface area contributed by atoms with Gasteiger partial charge in [0, 0.05) is 29.5 Å². The van der Waals surface area contributed by atoms with Crippen LogP contribution in [0.3, 0.4) is 0 Å². The standard InChI is InChI=1S/C13H11N3O2S/c1-2-11-12(18-8-17-11)5-9(1)14-6-10-7-16-3-4-19-13(16)15-10/h1-5,7,14H,6,8H2. The van der Waals surface area contributed by atoms with Crippen LogP contribution >= 0.6 is 11.3 Å². The van der Waals surface area contributed by atoms with Gasteiger partial charge in [-0.05, 0) is 12.1 Å². The minimum atomic E-state index is 0.302. The van der Waals surface area contributed by atoms with Gasteiger partial charge in [-0.1, -0.05) is 0 Å². The summed E-state index contributed by atoms with van der Waals surface area (Å²) in [6, 6.07) is 5.84. The Morgan fingerprint density at radius 2 is 2.26 bits per heavy atom. The monoisotopic (exact) mass is 273 g/mol. The Labute approximate surface area is 113 Å². The second-order valence-electron chi connectivity index (χ2n) is 4.25. The molecule has 5 nitrogen and oxygen atoms in total. The van der Waals surface area contributed by atoms with Crippen LogP contribution < -0.4 is 14.8 Å². The number of rotatable bonds is 3. The summed E-state index contributed by atoms with van der Waals surface area (Å²) in [7, 11) is 0. The van der Waals surface area contributed by atoms with E-state index in [0.717, 1.165) is 27.8 Å². The quantitative estimate of drug-likeness (QED) is 0.797. The second kappa shape index (κ2) is 4.17. The molecule has 3 aromatic rings. The van der Waals surface area contributed by atoms with Gasteiger partial charge >= 0.3 is 0 Å². The van der Waals surface area contributed by atoms with Crippen LogP contribution in [0, 0.1) is 0 Å². The molecule has 3 heterocycles. The number of thiazole rings is 1. The first kappa shape index (κ1) is 10.7. The fourth-order valence-electron chi connectivity index (χ4n) is 2.06. The number of fused-ring (bicyclic) bond motifs is 2. The summed E-state index contributed by atoms with van der Waals surface area (Å²) in [4.78, 5) is 5.54. The number of aromatic nitrogens is 2. The number of imidazole rings is 1. The van der Waals surface area contributed by atoms with Crippen LogP contribution in [0.25, 0.3) is 4.96 Å². The summed E-state index contributed by atoms with van der Waals surface area (Å²) in [5.74, 6) is 1.59. The molecular weight excluding hydrogens is 262 g/mol. The third-order valence-electron chi connectivity index (χ3n) is 2.99. The lowest BCUT2D eigenvalue weighted by Crippen LogP contribution is -1.99. The zero-order valence-electron chi connectivity index (χ0n) is 10.00. The second-order valence-corrected chi connectivity index (χ2v) is 5.12. The van der Waals surface area contributed by atoms with Crippen LogP contribution in [-0.2, 0) is 6.54 Å². The molecule has 4 rings (SSSR count). The van der Waals surface area contributed by atoms with Crippen LogP contribution in [0.2, 0.25) is 0 Å². The summed E-state index contributed by atoms with van der Waals surface area (Å²) >= 11 is 1.63. The maximum absolute atomic E-state index is 5.35. The number of hydrogen-bond acceptors (Lipinski definition) is 5. The number of nitrogens with one attached hydrogen (secondary N) is 1. The summed E-state index contributed by atoms with van der Waals surface area (Å²) in [6.07, 6.45) is 4.04. The lowest BCUT2D eigenvalue weighted by Gasteiger charge is -2.05. The normalized spacial score (nSPS) is 13.1. The molecule has 0 atom stereocenters. The molecule has 2 aromatic heterocycles. The van der Waals surface area contributed by atoms with E-state index in [4.69, 9.17) is 9.47 Å². The Morgan fingerprint density at radius 3 is 3.21 bits per heavy atom. The van der Waals surface area contributed by atoms with Crippen molar-refractivity contribution >= 4 is 22.0 Å². The number of benzene rings is 1. The van der Waals surface area contributed by atoms with Gasteiger partial charge in [-0.3, -0.25) is 4.40 Å². The van der Waals surface area contributed by atoms with Crippen molar-refractivity contribution in [3.8, 4) is 11.5 Å². The molecule has 19 heavy (non-hydrogen) atoms. The maximum atomic E-state index is 5.35. The molecule has 0 radical (unpaired) electrons. The number of nitrogens with zero attached hydrogens (tertiary/aromatic N) is 2. The lowest BCUT2D eigenvalue weighted by atomic mass is 10.2. The molecule has 1 aliphatic heterocycles. The Kier molecular flexibility index (Phi) is 2.34. The predicted octanol–water partition coefficient (Wildman–Crippen LogP) is 2.74. The van der Waals surface area contributed by atoms with E-state index in [1.165, 1.54) is 0 Å². The van der Waals surface area contributed by atoms with E-state index in [2.05, 4.69) is 10.3 Å². The molecule has 6 heteroatoms. The van der Waals surface area contributed by atoms with Crippen molar-refractivity contribution in [2.45, 2.75) is 6.54 Å². The first-order valence-corrected chi connectivity index (χ1v) is 6.81. The minimum Gasteiger partial charge on any atom is -0.454 e. The molecule has 0 unspecified atom stereocenters. The van der Waals surface area contributed by atoms with Gasteiger partial charge in [0.15, 0.2) is 16.5 Å². The van der Waals surface area contributed by atoms with Crippen LogP contribution in [0.15, 0.2) is 36.0 Å². The van der Waals surface area contributed by atoms with Gasteiger partial charge in [0.05, 0.1) is 12.2 Å². The van der Waals surface area contributed by atoms with E-state index in [-0.39, 0.29) is 0 Å². The molecule has 0 spiro atoms. The predicted molar refractivity (Wildman–Crippen MR) is 73.0 cm³/mol. The third-order valence-corrected chi connectivity index (χ3v) is 3.76. The van der Waals surface area contributed by atoms with Gasteiger partial charge in [0.25, 0.3) is 0 Å². The summed E-state index contributed by atoms with van der Waals surface area (Å²) < 4.78 is 12.7. The average molecular weight is 273 g/mol. The first-order chi connectivity index (χ1) is 9.38. The summed E-state index contributed by atoms with van der Waals surface area (Å²) in [5, 5.41) is 5.36. The van der Waals surface area contributed by atoms with Crippen LogP contribution in [0.4, 0.5) is 5.69 Å². The van der Waals surface area contributed by atoms with E-state index < -0.39 is 0 Å². The third kappa shape index (κ3) is 1.90. The van der Waals surface area contributed by atoms with E-state index in [0.29, 0.717) is 13.3 Å². The topological polar surface area (TPSA) is 47.8 Å². The van der Waals surface area contributed by atoms with Crippen molar-refractivity contribution in [2.24, 2.45) is 0 Å². The highest BCUT2D eigenvalue weighted by Gasteiger charge is 2.13. The lowest BCUT2D eigenvalue weighted by molar-refractivity contribution is 0.174. The van der Waals surface area contributed by atoms with Crippen molar-refractivity contribution < 1.29 is 9.47 Å².